The minimum atomic E-state index is -4.17. The number of rotatable bonds is 8. The van der Waals surface area contributed by atoms with Crippen LogP contribution in [0.4, 0.5) is 0 Å². The first-order chi connectivity index (χ1) is 16.6. The highest BCUT2D eigenvalue weighted by molar-refractivity contribution is 9.10. The monoisotopic (exact) mass is 560 g/mol. The van der Waals surface area contributed by atoms with Crippen LogP contribution in [0.3, 0.4) is 0 Å². The van der Waals surface area contributed by atoms with Gasteiger partial charge < -0.3 is 9.47 Å². The molecule has 35 heavy (non-hydrogen) atoms. The van der Waals surface area contributed by atoms with Crippen molar-refractivity contribution in [2.45, 2.75) is 24.8 Å². The fourth-order valence-electron chi connectivity index (χ4n) is 3.49. The zero-order valence-electron chi connectivity index (χ0n) is 19.7. The van der Waals surface area contributed by atoms with Crippen molar-refractivity contribution in [1.82, 2.24) is 9.29 Å². The second kappa shape index (κ2) is 11.1. The molecule has 0 saturated carbocycles. The SMILES string of the molecule is COC(=O)CN(C(C)c1nc(-c2cccc(Br)c2)ccc1C(=O)OC)S(=O)(=O)c1ccc(C)cc1. The first-order valence-corrected chi connectivity index (χ1v) is 12.8. The number of methoxy groups -OCH3 is 2. The molecule has 0 N–H and O–H groups in total. The molecule has 10 heteroatoms. The number of sulfonamides is 1. The maximum Gasteiger partial charge on any atom is 0.339 e. The third-order valence-corrected chi connectivity index (χ3v) is 7.84. The molecule has 3 aromatic rings. The topological polar surface area (TPSA) is 103 Å². The van der Waals surface area contributed by atoms with Gasteiger partial charge in [-0.15, -0.1) is 0 Å². The Morgan fingerprint density at radius 3 is 2.31 bits per heavy atom. The van der Waals surface area contributed by atoms with E-state index in [9.17, 15) is 18.0 Å². The van der Waals surface area contributed by atoms with Gasteiger partial charge in [0, 0.05) is 10.0 Å². The number of hydrogen-bond acceptors (Lipinski definition) is 7. The van der Waals surface area contributed by atoms with Crippen LogP contribution in [0, 0.1) is 6.92 Å². The van der Waals surface area contributed by atoms with Gasteiger partial charge in [0.15, 0.2) is 0 Å². The first-order valence-electron chi connectivity index (χ1n) is 10.6. The molecule has 0 spiro atoms. The number of pyridine rings is 1. The molecule has 0 radical (unpaired) electrons. The van der Waals surface area contributed by atoms with Gasteiger partial charge in [-0.2, -0.15) is 4.31 Å². The zero-order valence-corrected chi connectivity index (χ0v) is 22.1. The van der Waals surface area contributed by atoms with Crippen LogP contribution in [0.2, 0.25) is 0 Å². The molecule has 8 nitrogen and oxygen atoms in total. The van der Waals surface area contributed by atoms with E-state index < -0.39 is 34.5 Å². The van der Waals surface area contributed by atoms with Crippen molar-refractivity contribution in [2.75, 3.05) is 20.8 Å². The Morgan fingerprint density at radius 2 is 1.71 bits per heavy atom. The summed E-state index contributed by atoms with van der Waals surface area (Å²) < 4.78 is 38.7. The van der Waals surface area contributed by atoms with E-state index in [0.29, 0.717) is 5.69 Å². The number of aryl methyl sites for hydroxylation is 1. The number of hydrogen-bond donors (Lipinski definition) is 0. The standard InChI is InChI=1S/C25H25BrN2O6S/c1-16-8-10-20(11-9-16)35(31,32)28(15-23(29)33-3)17(2)24-21(25(30)34-4)12-13-22(27-24)18-6-5-7-19(26)14-18/h5-14,17H,15H2,1-4H3. The summed E-state index contributed by atoms with van der Waals surface area (Å²) in [5, 5.41) is 0. The van der Waals surface area contributed by atoms with Crippen molar-refractivity contribution in [3.05, 3.63) is 82.0 Å². The summed E-state index contributed by atoms with van der Waals surface area (Å²) in [6, 6.07) is 15.8. The Morgan fingerprint density at radius 1 is 1.03 bits per heavy atom. The lowest BCUT2D eigenvalue weighted by Crippen LogP contribution is -2.39. The van der Waals surface area contributed by atoms with Crippen molar-refractivity contribution >= 4 is 37.9 Å². The Balaban J connectivity index is 2.19. The summed E-state index contributed by atoms with van der Waals surface area (Å²) in [7, 11) is -1.76. The normalized spacial score (nSPS) is 12.3. The van der Waals surface area contributed by atoms with Gasteiger partial charge in [-0.1, -0.05) is 45.8 Å². The largest absolute Gasteiger partial charge is 0.468 e. The Bertz CT molecular complexity index is 1340. The molecule has 0 aliphatic heterocycles. The van der Waals surface area contributed by atoms with Crippen LogP contribution in [0.15, 0.2) is 70.0 Å². The van der Waals surface area contributed by atoms with E-state index in [1.165, 1.54) is 32.4 Å². The number of aromatic nitrogens is 1. The Labute approximate surface area is 213 Å². The summed E-state index contributed by atoms with van der Waals surface area (Å²) in [5.74, 6) is -1.43. The Hall–Kier alpha value is -3.08. The molecular weight excluding hydrogens is 536 g/mol. The molecule has 1 heterocycles. The van der Waals surface area contributed by atoms with E-state index in [4.69, 9.17) is 9.47 Å². The lowest BCUT2D eigenvalue weighted by Gasteiger charge is -2.28. The molecule has 0 aliphatic rings. The fraction of sp³-hybridized carbons (Fsp3) is 0.240. The van der Waals surface area contributed by atoms with E-state index in [1.54, 1.807) is 25.1 Å². The smallest absolute Gasteiger partial charge is 0.339 e. The minimum absolute atomic E-state index is 0.00150. The summed E-state index contributed by atoms with van der Waals surface area (Å²) in [6.07, 6.45) is 0. The van der Waals surface area contributed by atoms with Crippen LogP contribution >= 0.6 is 15.9 Å². The predicted molar refractivity (Wildman–Crippen MR) is 134 cm³/mol. The lowest BCUT2D eigenvalue weighted by atomic mass is 10.0. The van der Waals surface area contributed by atoms with E-state index in [1.807, 2.05) is 31.2 Å². The number of ether oxygens (including phenoxy) is 2. The van der Waals surface area contributed by atoms with Gasteiger partial charge in [-0.3, -0.25) is 9.78 Å². The van der Waals surface area contributed by atoms with Crippen LogP contribution < -0.4 is 0 Å². The van der Waals surface area contributed by atoms with E-state index in [-0.39, 0.29) is 16.2 Å². The number of halogens is 1. The average Bonchev–Trinajstić information content (AvgIpc) is 2.86. The molecule has 0 bridgehead atoms. The highest BCUT2D eigenvalue weighted by Gasteiger charge is 2.35. The molecule has 2 aromatic carbocycles. The van der Waals surface area contributed by atoms with Crippen molar-refractivity contribution in [2.24, 2.45) is 0 Å². The van der Waals surface area contributed by atoms with Gasteiger partial charge in [-0.25, -0.2) is 13.2 Å². The molecule has 0 saturated heterocycles. The maximum atomic E-state index is 13.6. The van der Waals surface area contributed by atoms with Gasteiger partial charge in [0.1, 0.15) is 6.54 Å². The van der Waals surface area contributed by atoms with Gasteiger partial charge in [0.05, 0.1) is 42.1 Å². The van der Waals surface area contributed by atoms with Gasteiger partial charge >= 0.3 is 11.9 Å². The van der Waals surface area contributed by atoms with E-state index in [0.717, 1.165) is 19.9 Å². The number of benzene rings is 2. The average molecular weight is 561 g/mol. The maximum absolute atomic E-state index is 13.6. The summed E-state index contributed by atoms with van der Waals surface area (Å²) in [4.78, 5) is 29.5. The van der Waals surface area contributed by atoms with Crippen LogP contribution in [0.25, 0.3) is 11.3 Å². The molecule has 1 atom stereocenters. The molecule has 0 fully saturated rings. The number of carbonyl (C=O) groups excluding carboxylic acids is 2. The molecule has 184 valence electrons. The van der Waals surface area contributed by atoms with Crippen molar-refractivity contribution in [3.8, 4) is 11.3 Å². The molecule has 1 aromatic heterocycles. The minimum Gasteiger partial charge on any atom is -0.468 e. The van der Waals surface area contributed by atoms with Crippen molar-refractivity contribution in [1.29, 1.82) is 0 Å². The van der Waals surface area contributed by atoms with Crippen LogP contribution in [-0.4, -0.2) is 50.4 Å². The number of carbonyl (C=O) groups is 2. The van der Waals surface area contributed by atoms with E-state index in [2.05, 4.69) is 20.9 Å². The Kier molecular flexibility index (Phi) is 8.42. The van der Waals surface area contributed by atoms with Crippen LogP contribution in [0.5, 0.6) is 0 Å². The predicted octanol–water partition coefficient (Wildman–Crippen LogP) is 4.53. The second-order valence-electron chi connectivity index (χ2n) is 7.75. The lowest BCUT2D eigenvalue weighted by molar-refractivity contribution is -0.141. The second-order valence-corrected chi connectivity index (χ2v) is 10.6. The van der Waals surface area contributed by atoms with E-state index >= 15 is 0 Å². The van der Waals surface area contributed by atoms with Crippen LogP contribution in [-0.2, 0) is 24.3 Å². The van der Waals surface area contributed by atoms with Crippen molar-refractivity contribution in [3.63, 3.8) is 0 Å². The molecule has 0 amide bonds. The fourth-order valence-corrected chi connectivity index (χ4v) is 5.43. The highest BCUT2D eigenvalue weighted by atomic mass is 79.9. The zero-order chi connectivity index (χ0) is 25.8. The molecule has 3 rings (SSSR count). The molecule has 1 unspecified atom stereocenters. The molecule has 0 aliphatic carbocycles. The van der Waals surface area contributed by atoms with Gasteiger partial charge in [0.2, 0.25) is 10.0 Å². The number of esters is 2. The third-order valence-electron chi connectivity index (χ3n) is 5.42. The first kappa shape index (κ1) is 26.5. The molecular formula is C25H25BrN2O6S. The van der Waals surface area contributed by atoms with Gasteiger partial charge in [0.25, 0.3) is 0 Å². The summed E-state index contributed by atoms with van der Waals surface area (Å²) >= 11 is 3.43. The highest BCUT2D eigenvalue weighted by Crippen LogP contribution is 2.31. The number of nitrogens with zero attached hydrogens (tertiary/aromatic N) is 2. The quantitative estimate of drug-likeness (QED) is 0.373. The third kappa shape index (κ3) is 5.95. The van der Waals surface area contributed by atoms with Gasteiger partial charge in [-0.05, 0) is 50.2 Å². The summed E-state index contributed by atoms with van der Waals surface area (Å²) in [5.41, 5.74) is 2.39. The van der Waals surface area contributed by atoms with Crippen LogP contribution in [0.1, 0.15) is 34.6 Å². The summed E-state index contributed by atoms with van der Waals surface area (Å²) in [6.45, 7) is 2.83. The van der Waals surface area contributed by atoms with Crippen molar-refractivity contribution < 1.29 is 27.5 Å².